The summed E-state index contributed by atoms with van der Waals surface area (Å²) < 4.78 is 0.977. The van der Waals surface area contributed by atoms with E-state index in [9.17, 15) is 4.79 Å². The zero-order chi connectivity index (χ0) is 9.97. The summed E-state index contributed by atoms with van der Waals surface area (Å²) in [5, 5.41) is 0.0906. The maximum Gasteiger partial charge on any atom is 0.216 e. The Morgan fingerprint density at radius 2 is 1.86 bits per heavy atom. The van der Waals surface area contributed by atoms with Crippen molar-refractivity contribution in [2.24, 2.45) is 0 Å². The molecule has 0 aliphatic carbocycles. The number of halogens is 1. The summed E-state index contributed by atoms with van der Waals surface area (Å²) >= 11 is 4.75. The lowest BCUT2D eigenvalue weighted by molar-refractivity contribution is -0.106. The molecule has 1 aliphatic rings. The van der Waals surface area contributed by atoms with E-state index < -0.39 is 0 Å². The summed E-state index contributed by atoms with van der Waals surface area (Å²) in [7, 11) is 0. The van der Waals surface area contributed by atoms with Crippen LogP contribution in [0.3, 0.4) is 0 Å². The van der Waals surface area contributed by atoms with Crippen LogP contribution in [0.1, 0.15) is 5.56 Å². The van der Waals surface area contributed by atoms with E-state index in [0.717, 1.165) is 15.0 Å². The molecule has 0 aromatic heterocycles. The van der Waals surface area contributed by atoms with Crippen LogP contribution >= 0.6 is 27.7 Å². The van der Waals surface area contributed by atoms with Gasteiger partial charge in [-0.15, -0.1) is 0 Å². The van der Waals surface area contributed by atoms with Gasteiger partial charge in [-0.05, 0) is 45.4 Å². The largest absolute Gasteiger partial charge is 0.282 e. The Bertz CT molecular complexity index is 420. The Balaban J connectivity index is 2.37. The highest BCUT2D eigenvalue weighted by atomic mass is 79.9. The Morgan fingerprint density at radius 1 is 1.14 bits per heavy atom. The molecule has 14 heavy (non-hydrogen) atoms. The van der Waals surface area contributed by atoms with Crippen LogP contribution in [0.2, 0.25) is 0 Å². The lowest BCUT2D eigenvalue weighted by atomic mass is 10.2. The molecule has 1 aromatic carbocycles. The minimum Gasteiger partial charge on any atom is -0.282 e. The molecule has 0 unspecified atom stereocenters. The maximum atomic E-state index is 11.0. The van der Waals surface area contributed by atoms with Gasteiger partial charge in [0.1, 0.15) is 0 Å². The van der Waals surface area contributed by atoms with Gasteiger partial charge < -0.3 is 0 Å². The quantitative estimate of drug-likeness (QED) is 0.773. The lowest BCUT2D eigenvalue weighted by Gasteiger charge is -2.01. The van der Waals surface area contributed by atoms with Crippen LogP contribution in [0.25, 0.3) is 4.48 Å². The highest BCUT2D eigenvalue weighted by Crippen LogP contribution is 2.36. The molecule has 70 valence electrons. The minimum absolute atomic E-state index is 0.0906. The molecular weight excluding hydrogens is 260 g/mol. The normalized spacial score (nSPS) is 18.8. The second-order valence-electron chi connectivity index (χ2n) is 2.80. The van der Waals surface area contributed by atoms with Crippen molar-refractivity contribution < 1.29 is 4.79 Å². The van der Waals surface area contributed by atoms with E-state index in [4.69, 9.17) is 0 Å². The summed E-state index contributed by atoms with van der Waals surface area (Å²) in [4.78, 5) is 12.0. The first-order valence-corrected chi connectivity index (χ1v) is 5.73. The average molecular weight is 267 g/mol. The summed E-state index contributed by atoms with van der Waals surface area (Å²) in [5.74, 6) is 0. The molecule has 0 bridgehead atoms. The minimum atomic E-state index is 0.0906. The topological polar surface area (TPSA) is 17.1 Å². The van der Waals surface area contributed by atoms with Crippen LogP contribution in [0.15, 0.2) is 47.4 Å². The van der Waals surface area contributed by atoms with Crippen molar-refractivity contribution in [1.29, 1.82) is 0 Å². The summed E-state index contributed by atoms with van der Waals surface area (Å²) in [6.45, 7) is 0. The molecule has 0 spiro atoms. The molecule has 0 saturated carbocycles. The van der Waals surface area contributed by atoms with Gasteiger partial charge in [-0.3, -0.25) is 4.79 Å². The standard InChI is InChI=1S/C11H7BrOS/c12-11(8-4-2-1-3-5-8)9-6-7-10(13)14-9/h1-7H/b11-9-. The molecule has 1 aliphatic heterocycles. The van der Waals surface area contributed by atoms with Crippen LogP contribution in [-0.2, 0) is 4.79 Å². The number of rotatable bonds is 1. The third-order valence-corrected chi connectivity index (χ3v) is 3.87. The second kappa shape index (κ2) is 4.15. The van der Waals surface area contributed by atoms with E-state index in [1.807, 2.05) is 36.4 Å². The van der Waals surface area contributed by atoms with Gasteiger partial charge in [0.05, 0.1) is 0 Å². The van der Waals surface area contributed by atoms with E-state index in [1.54, 1.807) is 6.08 Å². The van der Waals surface area contributed by atoms with E-state index in [2.05, 4.69) is 15.9 Å². The maximum absolute atomic E-state index is 11.0. The van der Waals surface area contributed by atoms with Crippen molar-refractivity contribution in [3.8, 4) is 0 Å². The molecule has 0 radical (unpaired) electrons. The van der Waals surface area contributed by atoms with Crippen molar-refractivity contribution in [3.63, 3.8) is 0 Å². The summed E-state index contributed by atoms with van der Waals surface area (Å²) in [5.41, 5.74) is 1.09. The van der Waals surface area contributed by atoms with Crippen molar-refractivity contribution in [2.45, 2.75) is 0 Å². The first-order chi connectivity index (χ1) is 6.77. The van der Waals surface area contributed by atoms with Crippen molar-refractivity contribution >= 4 is 37.3 Å². The van der Waals surface area contributed by atoms with Gasteiger partial charge in [0.15, 0.2) is 0 Å². The molecular formula is C11H7BrOS. The molecule has 1 aromatic rings. The van der Waals surface area contributed by atoms with Crippen LogP contribution in [0.4, 0.5) is 0 Å². The average Bonchev–Trinajstić information content (AvgIpc) is 2.65. The highest BCUT2D eigenvalue weighted by molar-refractivity contribution is 9.15. The number of carbonyl (C=O) groups is 1. The number of hydrogen-bond donors (Lipinski definition) is 0. The van der Waals surface area contributed by atoms with Gasteiger partial charge in [0.2, 0.25) is 5.12 Å². The Hall–Kier alpha value is -0.800. The van der Waals surface area contributed by atoms with Crippen LogP contribution < -0.4 is 0 Å². The fraction of sp³-hybridized carbons (Fsp3) is 0. The molecule has 0 saturated heterocycles. The van der Waals surface area contributed by atoms with Gasteiger partial charge in [0, 0.05) is 9.39 Å². The molecule has 2 rings (SSSR count). The van der Waals surface area contributed by atoms with Crippen LogP contribution in [-0.4, -0.2) is 5.12 Å². The molecule has 0 atom stereocenters. The number of benzene rings is 1. The van der Waals surface area contributed by atoms with Crippen LogP contribution in [0.5, 0.6) is 0 Å². The van der Waals surface area contributed by atoms with Crippen molar-refractivity contribution in [3.05, 3.63) is 53.0 Å². The van der Waals surface area contributed by atoms with Gasteiger partial charge in [-0.25, -0.2) is 0 Å². The zero-order valence-electron chi connectivity index (χ0n) is 7.24. The Kier molecular flexibility index (Phi) is 2.89. The smallest absolute Gasteiger partial charge is 0.216 e. The van der Waals surface area contributed by atoms with Gasteiger partial charge in [-0.2, -0.15) is 0 Å². The highest BCUT2D eigenvalue weighted by Gasteiger charge is 2.13. The van der Waals surface area contributed by atoms with Gasteiger partial charge in [0.25, 0.3) is 0 Å². The Labute approximate surface area is 95.0 Å². The third kappa shape index (κ3) is 1.99. The number of allylic oxidation sites excluding steroid dienone is 1. The fourth-order valence-corrected chi connectivity index (χ4v) is 2.50. The first kappa shape index (κ1) is 9.74. The fourth-order valence-electron chi connectivity index (χ4n) is 1.16. The third-order valence-electron chi connectivity index (χ3n) is 1.82. The zero-order valence-corrected chi connectivity index (χ0v) is 9.64. The monoisotopic (exact) mass is 266 g/mol. The molecule has 1 heterocycles. The number of thioether (sulfide) groups is 1. The van der Waals surface area contributed by atoms with E-state index in [-0.39, 0.29) is 5.12 Å². The molecule has 0 N–H and O–H groups in total. The van der Waals surface area contributed by atoms with E-state index in [1.165, 1.54) is 11.8 Å². The van der Waals surface area contributed by atoms with Crippen molar-refractivity contribution in [2.75, 3.05) is 0 Å². The number of carbonyl (C=O) groups excluding carboxylic acids is 1. The van der Waals surface area contributed by atoms with Crippen molar-refractivity contribution in [1.82, 2.24) is 0 Å². The lowest BCUT2D eigenvalue weighted by Crippen LogP contribution is -1.79. The van der Waals surface area contributed by atoms with Gasteiger partial charge in [-0.1, -0.05) is 30.3 Å². The summed E-state index contributed by atoms with van der Waals surface area (Å²) in [6.07, 6.45) is 3.42. The van der Waals surface area contributed by atoms with Gasteiger partial charge >= 0.3 is 0 Å². The van der Waals surface area contributed by atoms with Crippen LogP contribution in [0, 0.1) is 0 Å². The molecule has 3 heteroatoms. The molecule has 0 amide bonds. The molecule has 1 nitrogen and oxygen atoms in total. The predicted octanol–water partition coefficient (Wildman–Crippen LogP) is 3.58. The number of hydrogen-bond acceptors (Lipinski definition) is 2. The predicted molar refractivity (Wildman–Crippen MR) is 64.0 cm³/mol. The molecule has 0 fully saturated rings. The van der Waals surface area contributed by atoms with E-state index >= 15 is 0 Å². The first-order valence-electron chi connectivity index (χ1n) is 4.12. The second-order valence-corrected chi connectivity index (χ2v) is 4.64. The Morgan fingerprint density at radius 3 is 2.43 bits per heavy atom. The summed E-state index contributed by atoms with van der Waals surface area (Å²) in [6, 6.07) is 9.93. The SMILES string of the molecule is O=C1C=C/C(=C(/Br)c2ccccc2)S1. The van der Waals surface area contributed by atoms with E-state index in [0.29, 0.717) is 0 Å².